The van der Waals surface area contributed by atoms with Gasteiger partial charge in [0.15, 0.2) is 5.76 Å². The number of carbonyl (C=O) groups is 1. The Morgan fingerprint density at radius 1 is 1.18 bits per heavy atom. The van der Waals surface area contributed by atoms with E-state index in [9.17, 15) is 4.79 Å². The van der Waals surface area contributed by atoms with Crippen LogP contribution >= 0.6 is 11.8 Å². The van der Waals surface area contributed by atoms with Crippen LogP contribution in [0.3, 0.4) is 0 Å². The predicted octanol–water partition coefficient (Wildman–Crippen LogP) is 3.29. The van der Waals surface area contributed by atoms with Crippen molar-refractivity contribution in [2.75, 3.05) is 36.5 Å². The Morgan fingerprint density at radius 2 is 1.96 bits per heavy atom. The van der Waals surface area contributed by atoms with Crippen LogP contribution in [-0.4, -0.2) is 47.7 Å². The van der Waals surface area contributed by atoms with E-state index in [1.165, 1.54) is 18.0 Å². The highest BCUT2D eigenvalue weighted by atomic mass is 32.2. The van der Waals surface area contributed by atoms with Gasteiger partial charge in [-0.3, -0.25) is 4.79 Å². The third-order valence-corrected chi connectivity index (χ3v) is 5.23. The number of hydrogen-bond acceptors (Lipinski definition) is 8. The maximum atomic E-state index is 12.5. The van der Waals surface area contributed by atoms with Crippen LogP contribution in [0.2, 0.25) is 0 Å². The molecule has 1 atom stereocenters. The van der Waals surface area contributed by atoms with E-state index in [2.05, 4.69) is 20.4 Å². The zero-order valence-corrected chi connectivity index (χ0v) is 16.1. The topological polar surface area (TPSA) is 93.6 Å². The van der Waals surface area contributed by atoms with Crippen molar-refractivity contribution in [3.8, 4) is 11.7 Å². The molecular formula is C19H20N4O4S. The first-order valence-electron chi connectivity index (χ1n) is 8.97. The van der Waals surface area contributed by atoms with Crippen molar-refractivity contribution in [1.29, 1.82) is 0 Å². The first kappa shape index (κ1) is 18.6. The van der Waals surface area contributed by atoms with Gasteiger partial charge in [0.2, 0.25) is 5.91 Å². The van der Waals surface area contributed by atoms with E-state index in [-0.39, 0.29) is 5.91 Å². The molecular weight excluding hydrogens is 380 g/mol. The standard InChI is InChI=1S/C19H20N4O4S/c1-13(28-19-22-21-18(27-19)16-3-2-10-26-16)17(24)20-14-4-6-15(7-5-14)23-8-11-25-12-9-23/h2-7,10,13H,8-9,11-12H2,1H3,(H,20,24). The van der Waals surface area contributed by atoms with Gasteiger partial charge in [0.1, 0.15) is 0 Å². The lowest BCUT2D eigenvalue weighted by Crippen LogP contribution is -2.36. The lowest BCUT2D eigenvalue weighted by molar-refractivity contribution is -0.115. The van der Waals surface area contributed by atoms with Crippen LogP contribution in [0.1, 0.15) is 6.92 Å². The average molecular weight is 400 g/mol. The molecule has 28 heavy (non-hydrogen) atoms. The highest BCUT2D eigenvalue weighted by molar-refractivity contribution is 8.00. The SMILES string of the molecule is CC(Sc1nnc(-c2ccco2)o1)C(=O)Nc1ccc(N2CCOCC2)cc1. The second-order valence-electron chi connectivity index (χ2n) is 6.25. The van der Waals surface area contributed by atoms with Crippen LogP contribution in [-0.2, 0) is 9.53 Å². The molecule has 0 aliphatic carbocycles. The molecule has 1 saturated heterocycles. The predicted molar refractivity (Wildman–Crippen MR) is 105 cm³/mol. The highest BCUT2D eigenvalue weighted by Crippen LogP contribution is 2.27. The second-order valence-corrected chi connectivity index (χ2v) is 7.54. The largest absolute Gasteiger partial charge is 0.459 e. The van der Waals surface area contributed by atoms with E-state index in [1.807, 2.05) is 24.3 Å². The fraction of sp³-hybridized carbons (Fsp3) is 0.316. The second kappa shape index (κ2) is 8.49. The molecule has 3 heterocycles. The van der Waals surface area contributed by atoms with Gasteiger partial charge in [-0.15, -0.1) is 10.2 Å². The summed E-state index contributed by atoms with van der Waals surface area (Å²) in [7, 11) is 0. The van der Waals surface area contributed by atoms with Crippen molar-refractivity contribution in [3.63, 3.8) is 0 Å². The van der Waals surface area contributed by atoms with Gasteiger partial charge in [-0.05, 0) is 43.3 Å². The molecule has 1 fully saturated rings. The number of nitrogens with zero attached hydrogens (tertiary/aromatic N) is 3. The normalized spacial score (nSPS) is 15.4. The fourth-order valence-corrected chi connectivity index (χ4v) is 3.47. The van der Waals surface area contributed by atoms with Crippen LogP contribution in [0.4, 0.5) is 11.4 Å². The summed E-state index contributed by atoms with van der Waals surface area (Å²) in [6, 6.07) is 11.3. The molecule has 1 amide bonds. The lowest BCUT2D eigenvalue weighted by atomic mass is 10.2. The van der Waals surface area contributed by atoms with E-state index in [4.69, 9.17) is 13.6 Å². The van der Waals surface area contributed by atoms with Gasteiger partial charge < -0.3 is 23.8 Å². The number of furan rings is 1. The molecule has 146 valence electrons. The van der Waals surface area contributed by atoms with Crippen molar-refractivity contribution in [2.24, 2.45) is 0 Å². The molecule has 1 unspecified atom stereocenters. The van der Waals surface area contributed by atoms with Gasteiger partial charge in [0, 0.05) is 24.5 Å². The molecule has 8 nitrogen and oxygen atoms in total. The molecule has 1 aliphatic heterocycles. The first-order valence-corrected chi connectivity index (χ1v) is 9.85. The van der Waals surface area contributed by atoms with Crippen molar-refractivity contribution in [1.82, 2.24) is 10.2 Å². The van der Waals surface area contributed by atoms with Gasteiger partial charge in [-0.25, -0.2) is 0 Å². The number of aromatic nitrogens is 2. The summed E-state index contributed by atoms with van der Waals surface area (Å²) in [5.41, 5.74) is 1.87. The molecule has 3 aromatic rings. The number of hydrogen-bond donors (Lipinski definition) is 1. The minimum Gasteiger partial charge on any atom is -0.459 e. The van der Waals surface area contributed by atoms with Crippen LogP contribution < -0.4 is 10.2 Å². The molecule has 0 saturated carbocycles. The van der Waals surface area contributed by atoms with Crippen molar-refractivity contribution < 1.29 is 18.4 Å². The Balaban J connectivity index is 1.33. The number of ether oxygens (including phenoxy) is 1. The van der Waals surface area contributed by atoms with Crippen LogP contribution in [0, 0.1) is 0 Å². The Kier molecular flexibility index (Phi) is 5.63. The summed E-state index contributed by atoms with van der Waals surface area (Å²) in [5.74, 6) is 0.650. The minimum atomic E-state index is -0.399. The van der Waals surface area contributed by atoms with E-state index >= 15 is 0 Å². The highest BCUT2D eigenvalue weighted by Gasteiger charge is 2.20. The summed E-state index contributed by atoms with van der Waals surface area (Å²) >= 11 is 1.20. The quantitative estimate of drug-likeness (QED) is 0.630. The molecule has 9 heteroatoms. The van der Waals surface area contributed by atoms with Crippen LogP contribution in [0.15, 0.2) is 56.7 Å². The van der Waals surface area contributed by atoms with Crippen molar-refractivity contribution in [2.45, 2.75) is 17.4 Å². The summed E-state index contributed by atoms with van der Waals surface area (Å²) in [4.78, 5) is 14.7. The van der Waals surface area contributed by atoms with Crippen LogP contribution in [0.25, 0.3) is 11.7 Å². The number of morpholine rings is 1. The Morgan fingerprint density at radius 3 is 2.68 bits per heavy atom. The maximum Gasteiger partial charge on any atom is 0.284 e. The molecule has 1 aliphatic rings. The number of amides is 1. The summed E-state index contributed by atoms with van der Waals surface area (Å²) in [5, 5.41) is 10.7. The van der Waals surface area contributed by atoms with Gasteiger partial charge in [-0.1, -0.05) is 11.8 Å². The zero-order valence-electron chi connectivity index (χ0n) is 15.3. The Bertz CT molecular complexity index is 904. The number of rotatable bonds is 6. The smallest absolute Gasteiger partial charge is 0.284 e. The maximum absolute atomic E-state index is 12.5. The van der Waals surface area contributed by atoms with Gasteiger partial charge >= 0.3 is 0 Å². The van der Waals surface area contributed by atoms with E-state index in [1.54, 1.807) is 19.1 Å². The summed E-state index contributed by atoms with van der Waals surface area (Å²) in [6.07, 6.45) is 1.53. The number of anilines is 2. The third-order valence-electron chi connectivity index (χ3n) is 4.30. The molecule has 1 aromatic carbocycles. The van der Waals surface area contributed by atoms with Crippen molar-refractivity contribution >= 4 is 29.0 Å². The first-order chi connectivity index (χ1) is 13.7. The number of thioether (sulfide) groups is 1. The summed E-state index contributed by atoms with van der Waals surface area (Å²) in [6.45, 7) is 5.03. The van der Waals surface area contributed by atoms with Crippen molar-refractivity contribution in [3.05, 3.63) is 42.7 Å². The third kappa shape index (κ3) is 4.37. The van der Waals surface area contributed by atoms with E-state index in [0.29, 0.717) is 16.9 Å². The Hall–Kier alpha value is -2.78. The van der Waals surface area contributed by atoms with Gasteiger partial charge in [0.05, 0.1) is 24.7 Å². The molecule has 0 spiro atoms. The molecule has 2 aromatic heterocycles. The number of nitrogens with one attached hydrogen (secondary N) is 1. The summed E-state index contributed by atoms with van der Waals surface area (Å²) < 4.78 is 16.1. The van der Waals surface area contributed by atoms with Gasteiger partial charge in [0.25, 0.3) is 11.1 Å². The molecule has 4 rings (SSSR count). The van der Waals surface area contributed by atoms with E-state index in [0.717, 1.165) is 37.7 Å². The monoisotopic (exact) mass is 400 g/mol. The minimum absolute atomic E-state index is 0.137. The van der Waals surface area contributed by atoms with Crippen LogP contribution in [0.5, 0.6) is 0 Å². The number of benzene rings is 1. The van der Waals surface area contributed by atoms with Gasteiger partial charge in [-0.2, -0.15) is 0 Å². The number of carbonyl (C=O) groups excluding carboxylic acids is 1. The molecule has 0 bridgehead atoms. The Labute approximate surface area is 166 Å². The lowest BCUT2D eigenvalue weighted by Gasteiger charge is -2.28. The fourth-order valence-electron chi connectivity index (χ4n) is 2.78. The average Bonchev–Trinajstić information content (AvgIpc) is 3.41. The molecule has 0 radical (unpaired) electrons. The zero-order chi connectivity index (χ0) is 19.3. The molecule has 1 N–H and O–H groups in total. The van der Waals surface area contributed by atoms with E-state index < -0.39 is 5.25 Å².